The van der Waals surface area contributed by atoms with E-state index in [9.17, 15) is 18.4 Å². The third kappa shape index (κ3) is 5.89. The van der Waals surface area contributed by atoms with Gasteiger partial charge in [-0.15, -0.1) is 0 Å². The lowest BCUT2D eigenvalue weighted by atomic mass is 9.99. The Hall–Kier alpha value is -1.98. The summed E-state index contributed by atoms with van der Waals surface area (Å²) in [5.41, 5.74) is -1.07. The number of alkyl halides is 2. The zero-order valence-electron chi connectivity index (χ0n) is 12.2. The van der Waals surface area contributed by atoms with E-state index in [1.54, 1.807) is 18.2 Å². The Morgan fingerprint density at radius 2 is 1.67 bits per heavy atom. The van der Waals surface area contributed by atoms with E-state index >= 15 is 0 Å². The van der Waals surface area contributed by atoms with E-state index in [4.69, 9.17) is 4.74 Å². The molecule has 6 heteroatoms. The van der Waals surface area contributed by atoms with Crippen LogP contribution in [0.5, 0.6) is 5.75 Å². The number of hydrogen-bond acceptors (Lipinski definition) is 4. The van der Waals surface area contributed by atoms with Gasteiger partial charge in [0.05, 0.1) is 0 Å². The van der Waals surface area contributed by atoms with Gasteiger partial charge in [-0.3, -0.25) is 4.79 Å². The molecule has 0 aliphatic heterocycles. The summed E-state index contributed by atoms with van der Waals surface area (Å²) in [6.07, 6.45) is -0.928. The summed E-state index contributed by atoms with van der Waals surface area (Å²) in [5, 5.41) is 0. The van der Waals surface area contributed by atoms with Gasteiger partial charge in [-0.05, 0) is 32.4 Å². The minimum atomic E-state index is -3.65. The van der Waals surface area contributed by atoms with E-state index in [-0.39, 0.29) is 12.2 Å². The molecule has 0 bridgehead atoms. The molecule has 116 valence electrons. The summed E-state index contributed by atoms with van der Waals surface area (Å²) >= 11 is 0. The van der Waals surface area contributed by atoms with Crippen molar-refractivity contribution in [3.8, 4) is 5.75 Å². The SMILES string of the molecule is CC(=O)OC(C)(C)CCC(F)(F)C(=O)Oc1ccccc1. The Bertz CT molecular complexity index is 498. The molecule has 0 saturated heterocycles. The molecule has 4 nitrogen and oxygen atoms in total. The van der Waals surface area contributed by atoms with Crippen molar-refractivity contribution in [3.63, 3.8) is 0 Å². The lowest BCUT2D eigenvalue weighted by Crippen LogP contribution is -2.36. The molecular formula is C15H18F2O4. The van der Waals surface area contributed by atoms with Crippen LogP contribution in [0.2, 0.25) is 0 Å². The highest BCUT2D eigenvalue weighted by molar-refractivity contribution is 5.79. The molecule has 1 rings (SSSR count). The van der Waals surface area contributed by atoms with Crippen LogP contribution in [0.25, 0.3) is 0 Å². The minimum Gasteiger partial charge on any atom is -0.460 e. The Labute approximate surface area is 122 Å². The van der Waals surface area contributed by atoms with Crippen molar-refractivity contribution in [2.75, 3.05) is 0 Å². The first kappa shape index (κ1) is 17.1. The first-order valence-electron chi connectivity index (χ1n) is 6.47. The van der Waals surface area contributed by atoms with Crippen LogP contribution < -0.4 is 4.74 Å². The van der Waals surface area contributed by atoms with Crippen LogP contribution >= 0.6 is 0 Å². The van der Waals surface area contributed by atoms with Crippen LogP contribution in [0, 0.1) is 0 Å². The van der Waals surface area contributed by atoms with Crippen LogP contribution in [0.4, 0.5) is 8.78 Å². The molecule has 0 heterocycles. The van der Waals surface area contributed by atoms with Crippen LogP contribution in [0.3, 0.4) is 0 Å². The first-order chi connectivity index (χ1) is 9.62. The molecule has 21 heavy (non-hydrogen) atoms. The summed E-state index contributed by atoms with van der Waals surface area (Å²) in [5.74, 6) is -5.77. The van der Waals surface area contributed by atoms with Crippen LogP contribution in [-0.2, 0) is 14.3 Å². The van der Waals surface area contributed by atoms with E-state index in [1.165, 1.54) is 32.9 Å². The molecule has 0 aliphatic carbocycles. The van der Waals surface area contributed by atoms with Gasteiger partial charge in [0, 0.05) is 13.3 Å². The van der Waals surface area contributed by atoms with Crippen LogP contribution in [-0.4, -0.2) is 23.5 Å². The van der Waals surface area contributed by atoms with E-state index in [1.807, 2.05) is 0 Å². The van der Waals surface area contributed by atoms with Gasteiger partial charge in [0.25, 0.3) is 0 Å². The van der Waals surface area contributed by atoms with Gasteiger partial charge in [0.1, 0.15) is 11.4 Å². The fourth-order valence-electron chi connectivity index (χ4n) is 1.67. The molecule has 0 unspecified atom stereocenters. The third-order valence-electron chi connectivity index (χ3n) is 2.71. The van der Waals surface area contributed by atoms with Crippen molar-refractivity contribution in [3.05, 3.63) is 30.3 Å². The number of carbonyl (C=O) groups excluding carboxylic acids is 2. The highest BCUT2D eigenvalue weighted by Crippen LogP contribution is 2.28. The van der Waals surface area contributed by atoms with Crippen LogP contribution in [0.15, 0.2) is 30.3 Å². The average molecular weight is 300 g/mol. The first-order valence-corrected chi connectivity index (χ1v) is 6.47. The topological polar surface area (TPSA) is 52.6 Å². The second kappa shape index (κ2) is 6.65. The van der Waals surface area contributed by atoms with Crippen molar-refractivity contribution in [2.24, 2.45) is 0 Å². The summed E-state index contributed by atoms with van der Waals surface area (Å²) in [6, 6.07) is 7.65. The van der Waals surface area contributed by atoms with E-state index in [2.05, 4.69) is 4.74 Å². The molecule has 0 spiro atoms. The molecule has 0 saturated carbocycles. The molecule has 0 fully saturated rings. The number of halogens is 2. The molecular weight excluding hydrogens is 282 g/mol. The predicted molar refractivity (Wildman–Crippen MR) is 72.1 cm³/mol. The van der Waals surface area contributed by atoms with Gasteiger partial charge in [-0.25, -0.2) is 4.79 Å². The molecule has 0 amide bonds. The lowest BCUT2D eigenvalue weighted by molar-refractivity contribution is -0.166. The average Bonchev–Trinajstić information content (AvgIpc) is 2.36. The molecule has 0 N–H and O–H groups in total. The Kier molecular flexibility index (Phi) is 5.41. The van der Waals surface area contributed by atoms with Crippen molar-refractivity contribution in [1.82, 2.24) is 0 Å². The van der Waals surface area contributed by atoms with Gasteiger partial charge in [0.2, 0.25) is 0 Å². The highest BCUT2D eigenvalue weighted by atomic mass is 19.3. The number of benzene rings is 1. The van der Waals surface area contributed by atoms with Gasteiger partial charge in [-0.1, -0.05) is 18.2 Å². The maximum Gasteiger partial charge on any atom is 0.382 e. The maximum atomic E-state index is 13.8. The zero-order valence-corrected chi connectivity index (χ0v) is 12.2. The number of rotatable bonds is 6. The van der Waals surface area contributed by atoms with Gasteiger partial charge in [-0.2, -0.15) is 8.78 Å². The minimum absolute atomic E-state index is 0.0569. The standard InChI is InChI=1S/C15H18F2O4/c1-11(18)21-14(2,3)9-10-15(16,17)13(19)20-12-7-5-4-6-8-12/h4-8H,9-10H2,1-3H3. The quantitative estimate of drug-likeness (QED) is 0.597. The number of hydrogen-bond donors (Lipinski definition) is 0. The van der Waals surface area contributed by atoms with Crippen molar-refractivity contribution in [2.45, 2.75) is 45.1 Å². The lowest BCUT2D eigenvalue weighted by Gasteiger charge is -2.26. The Morgan fingerprint density at radius 1 is 1.10 bits per heavy atom. The summed E-state index contributed by atoms with van der Waals surface area (Å²) in [4.78, 5) is 22.4. The number of esters is 2. The zero-order chi connectivity index (χ0) is 16.1. The second-order valence-electron chi connectivity index (χ2n) is 5.26. The number of para-hydroxylation sites is 1. The normalized spacial score (nSPS) is 11.9. The van der Waals surface area contributed by atoms with E-state index in [0.717, 1.165) is 0 Å². The molecule has 0 radical (unpaired) electrons. The number of carbonyl (C=O) groups is 2. The van der Waals surface area contributed by atoms with E-state index < -0.39 is 29.9 Å². The van der Waals surface area contributed by atoms with Gasteiger partial charge in [0.15, 0.2) is 0 Å². The summed E-state index contributed by atoms with van der Waals surface area (Å²) < 4.78 is 37.0. The van der Waals surface area contributed by atoms with Crippen molar-refractivity contribution < 1.29 is 27.8 Å². The summed E-state index contributed by atoms with van der Waals surface area (Å²) in [7, 11) is 0. The fraction of sp³-hybridized carbons (Fsp3) is 0.467. The van der Waals surface area contributed by atoms with Crippen LogP contribution in [0.1, 0.15) is 33.6 Å². The molecule has 0 atom stereocenters. The molecule has 0 aliphatic rings. The summed E-state index contributed by atoms with van der Waals surface area (Å²) in [6.45, 7) is 4.21. The highest BCUT2D eigenvalue weighted by Gasteiger charge is 2.42. The predicted octanol–water partition coefficient (Wildman–Crippen LogP) is 3.35. The Morgan fingerprint density at radius 3 is 2.19 bits per heavy atom. The maximum absolute atomic E-state index is 13.8. The number of ether oxygens (including phenoxy) is 2. The smallest absolute Gasteiger partial charge is 0.382 e. The van der Waals surface area contributed by atoms with Crippen molar-refractivity contribution >= 4 is 11.9 Å². The fourth-order valence-corrected chi connectivity index (χ4v) is 1.67. The van der Waals surface area contributed by atoms with Gasteiger partial charge >= 0.3 is 17.9 Å². The molecule has 1 aromatic rings. The second-order valence-corrected chi connectivity index (χ2v) is 5.26. The van der Waals surface area contributed by atoms with Crippen molar-refractivity contribution in [1.29, 1.82) is 0 Å². The molecule has 0 aromatic heterocycles. The largest absolute Gasteiger partial charge is 0.460 e. The monoisotopic (exact) mass is 300 g/mol. The Balaban J connectivity index is 2.60. The van der Waals surface area contributed by atoms with E-state index in [0.29, 0.717) is 0 Å². The molecule has 1 aromatic carbocycles. The van der Waals surface area contributed by atoms with Gasteiger partial charge < -0.3 is 9.47 Å². The third-order valence-corrected chi connectivity index (χ3v) is 2.71.